The average Bonchev–Trinajstić information content (AvgIpc) is 2.83. The van der Waals surface area contributed by atoms with Gasteiger partial charge in [0.2, 0.25) is 0 Å². The van der Waals surface area contributed by atoms with Gasteiger partial charge in [-0.2, -0.15) is 0 Å². The minimum atomic E-state index is 0.374. The first-order valence-corrected chi connectivity index (χ1v) is 9.04. The zero-order valence-corrected chi connectivity index (χ0v) is 15.8. The van der Waals surface area contributed by atoms with E-state index in [0.29, 0.717) is 12.1 Å². The molecule has 4 nitrogen and oxygen atoms in total. The van der Waals surface area contributed by atoms with Gasteiger partial charge < -0.3 is 15.5 Å². The Hall–Kier alpha value is -1.07. The number of likely N-dealkylation sites (N-methyl/N-ethyl adjacent to an activating group) is 1. The molecule has 1 rings (SSSR count). The molecule has 0 saturated carbocycles. The number of thiophene rings is 1. The Labute approximate surface area is 140 Å². The van der Waals surface area contributed by atoms with Crippen LogP contribution in [0.2, 0.25) is 0 Å². The molecule has 1 aromatic rings. The van der Waals surface area contributed by atoms with Crippen molar-refractivity contribution in [3.05, 3.63) is 21.9 Å². The Bertz CT molecular complexity index is 453. The van der Waals surface area contributed by atoms with Gasteiger partial charge in [0.1, 0.15) is 0 Å². The molecule has 22 heavy (non-hydrogen) atoms. The van der Waals surface area contributed by atoms with Crippen LogP contribution in [0.1, 0.15) is 37.4 Å². The summed E-state index contributed by atoms with van der Waals surface area (Å²) < 4.78 is 0. The Morgan fingerprint density at radius 1 is 1.32 bits per heavy atom. The molecule has 1 atom stereocenters. The zero-order valence-electron chi connectivity index (χ0n) is 14.9. The summed E-state index contributed by atoms with van der Waals surface area (Å²) in [4.78, 5) is 9.79. The third kappa shape index (κ3) is 7.27. The number of nitrogens with zero attached hydrogens (tertiary/aromatic N) is 2. The second kappa shape index (κ2) is 9.85. The van der Waals surface area contributed by atoms with Crippen LogP contribution < -0.4 is 10.6 Å². The molecule has 0 aliphatic rings. The van der Waals surface area contributed by atoms with Crippen LogP contribution >= 0.6 is 11.3 Å². The van der Waals surface area contributed by atoms with E-state index in [0.717, 1.165) is 32.0 Å². The number of guanidine groups is 1. The lowest BCUT2D eigenvalue weighted by Crippen LogP contribution is -2.43. The molecule has 126 valence electrons. The molecule has 0 spiro atoms. The quantitative estimate of drug-likeness (QED) is 0.570. The largest absolute Gasteiger partial charge is 0.357 e. The van der Waals surface area contributed by atoms with Crippen molar-refractivity contribution in [2.24, 2.45) is 4.99 Å². The maximum absolute atomic E-state index is 4.68. The Morgan fingerprint density at radius 3 is 2.59 bits per heavy atom. The minimum absolute atomic E-state index is 0.374. The molecule has 2 N–H and O–H groups in total. The highest BCUT2D eigenvalue weighted by atomic mass is 32.1. The normalized spacial score (nSPS) is 13.7. The van der Waals surface area contributed by atoms with E-state index in [4.69, 9.17) is 0 Å². The number of hydrogen-bond acceptors (Lipinski definition) is 3. The van der Waals surface area contributed by atoms with Crippen LogP contribution in [0, 0.1) is 6.92 Å². The van der Waals surface area contributed by atoms with Crippen LogP contribution in [-0.2, 0) is 6.42 Å². The van der Waals surface area contributed by atoms with Crippen LogP contribution in [0.15, 0.2) is 17.1 Å². The summed E-state index contributed by atoms with van der Waals surface area (Å²) in [6.07, 6.45) is 1.04. The van der Waals surface area contributed by atoms with Gasteiger partial charge in [-0.05, 0) is 53.8 Å². The number of nitrogens with one attached hydrogen (secondary N) is 2. The van der Waals surface area contributed by atoms with Crippen LogP contribution in [-0.4, -0.2) is 49.6 Å². The summed E-state index contributed by atoms with van der Waals surface area (Å²) in [6, 6.07) is 5.35. The standard InChI is InChI=1S/C17H32N4S/c1-7-18-17(19-10-11-21(6)13(2)3)20-14(4)12-16-9-8-15(5)22-16/h8-9,13-14H,7,10-12H2,1-6H3,(H2,18,19,20). The number of rotatable bonds is 8. The lowest BCUT2D eigenvalue weighted by molar-refractivity contribution is 0.282. The highest BCUT2D eigenvalue weighted by Crippen LogP contribution is 2.16. The lowest BCUT2D eigenvalue weighted by atomic mass is 10.2. The molecule has 0 fully saturated rings. The summed E-state index contributed by atoms with van der Waals surface area (Å²) in [5.74, 6) is 0.917. The smallest absolute Gasteiger partial charge is 0.191 e. The van der Waals surface area contributed by atoms with Crippen molar-refractivity contribution >= 4 is 17.3 Å². The van der Waals surface area contributed by atoms with Crippen molar-refractivity contribution in [1.82, 2.24) is 15.5 Å². The monoisotopic (exact) mass is 324 g/mol. The highest BCUT2D eigenvalue weighted by Gasteiger charge is 2.08. The fourth-order valence-corrected chi connectivity index (χ4v) is 3.10. The van der Waals surface area contributed by atoms with Gasteiger partial charge in [0.15, 0.2) is 5.96 Å². The molecule has 1 heterocycles. The first-order chi connectivity index (χ1) is 10.4. The second-order valence-electron chi connectivity index (χ2n) is 6.10. The summed E-state index contributed by atoms with van der Waals surface area (Å²) in [7, 11) is 2.14. The van der Waals surface area contributed by atoms with E-state index < -0.39 is 0 Å². The predicted molar refractivity (Wildman–Crippen MR) is 99.1 cm³/mol. The molecular weight excluding hydrogens is 292 g/mol. The van der Waals surface area contributed by atoms with E-state index >= 15 is 0 Å². The van der Waals surface area contributed by atoms with Gasteiger partial charge in [-0.25, -0.2) is 0 Å². The van der Waals surface area contributed by atoms with E-state index in [9.17, 15) is 0 Å². The Kier molecular flexibility index (Phi) is 8.49. The number of hydrogen-bond donors (Lipinski definition) is 2. The third-order valence-corrected chi connectivity index (χ3v) is 4.66. The molecule has 0 aliphatic heterocycles. The molecule has 5 heteroatoms. The van der Waals surface area contributed by atoms with E-state index in [1.54, 1.807) is 0 Å². The van der Waals surface area contributed by atoms with Crippen LogP contribution in [0.3, 0.4) is 0 Å². The summed E-state index contributed by atoms with van der Waals surface area (Å²) >= 11 is 1.87. The number of aliphatic imine (C=N–C) groups is 1. The van der Waals surface area contributed by atoms with Crippen molar-refractivity contribution in [3.8, 4) is 0 Å². The zero-order chi connectivity index (χ0) is 16.5. The fraction of sp³-hybridized carbons (Fsp3) is 0.706. The molecule has 1 aromatic heterocycles. The number of aryl methyl sites for hydroxylation is 1. The van der Waals surface area contributed by atoms with Crippen molar-refractivity contribution < 1.29 is 0 Å². The highest BCUT2D eigenvalue weighted by molar-refractivity contribution is 7.11. The second-order valence-corrected chi connectivity index (χ2v) is 7.47. The Balaban J connectivity index is 2.47. The third-order valence-electron chi connectivity index (χ3n) is 3.63. The first kappa shape index (κ1) is 19.0. The minimum Gasteiger partial charge on any atom is -0.357 e. The molecule has 0 bridgehead atoms. The molecule has 1 unspecified atom stereocenters. The van der Waals surface area contributed by atoms with Crippen molar-refractivity contribution in [1.29, 1.82) is 0 Å². The fourth-order valence-electron chi connectivity index (χ4n) is 2.08. The summed E-state index contributed by atoms with van der Waals surface area (Å²) in [5.41, 5.74) is 0. The molecule has 0 aliphatic carbocycles. The summed E-state index contributed by atoms with van der Waals surface area (Å²) in [6.45, 7) is 13.6. The van der Waals surface area contributed by atoms with Gasteiger partial charge in [0.25, 0.3) is 0 Å². The van der Waals surface area contributed by atoms with Crippen molar-refractivity contribution in [2.45, 2.75) is 53.1 Å². The van der Waals surface area contributed by atoms with Gasteiger partial charge in [-0.15, -0.1) is 11.3 Å². The molecular formula is C17H32N4S. The van der Waals surface area contributed by atoms with Crippen LogP contribution in [0.25, 0.3) is 0 Å². The molecule has 0 aromatic carbocycles. The van der Waals surface area contributed by atoms with Gasteiger partial charge in [0.05, 0.1) is 6.54 Å². The van der Waals surface area contributed by atoms with E-state index in [1.807, 2.05) is 11.3 Å². The van der Waals surface area contributed by atoms with Gasteiger partial charge in [-0.1, -0.05) is 0 Å². The van der Waals surface area contributed by atoms with Crippen LogP contribution in [0.5, 0.6) is 0 Å². The SMILES string of the molecule is CCNC(=NCCN(C)C(C)C)NC(C)Cc1ccc(C)s1. The van der Waals surface area contributed by atoms with Crippen molar-refractivity contribution in [3.63, 3.8) is 0 Å². The van der Waals surface area contributed by atoms with Crippen molar-refractivity contribution in [2.75, 3.05) is 26.7 Å². The van der Waals surface area contributed by atoms with Gasteiger partial charge in [0, 0.05) is 41.3 Å². The lowest BCUT2D eigenvalue weighted by Gasteiger charge is -2.21. The Morgan fingerprint density at radius 2 is 2.05 bits per heavy atom. The molecule has 0 amide bonds. The van der Waals surface area contributed by atoms with E-state index in [1.165, 1.54) is 9.75 Å². The average molecular weight is 325 g/mol. The van der Waals surface area contributed by atoms with Gasteiger partial charge in [-0.3, -0.25) is 4.99 Å². The predicted octanol–water partition coefficient (Wildman–Crippen LogP) is 2.88. The van der Waals surface area contributed by atoms with Crippen LogP contribution in [0.4, 0.5) is 0 Å². The summed E-state index contributed by atoms with van der Waals surface area (Å²) in [5, 5.41) is 6.84. The topological polar surface area (TPSA) is 39.7 Å². The molecule has 0 radical (unpaired) electrons. The maximum Gasteiger partial charge on any atom is 0.191 e. The van der Waals surface area contributed by atoms with E-state index in [-0.39, 0.29) is 0 Å². The molecule has 0 saturated heterocycles. The first-order valence-electron chi connectivity index (χ1n) is 8.22. The van der Waals surface area contributed by atoms with Gasteiger partial charge >= 0.3 is 0 Å². The maximum atomic E-state index is 4.68. The van der Waals surface area contributed by atoms with E-state index in [2.05, 4.69) is 74.3 Å².